The van der Waals surface area contributed by atoms with E-state index in [1.807, 2.05) is 0 Å². The third-order valence-corrected chi connectivity index (χ3v) is 3.43. The number of ether oxygens (including phenoxy) is 2. The van der Waals surface area contributed by atoms with Crippen LogP contribution in [0.2, 0.25) is 0 Å². The van der Waals surface area contributed by atoms with Crippen molar-refractivity contribution < 1.29 is 23.5 Å². The van der Waals surface area contributed by atoms with Gasteiger partial charge >= 0.3 is 12.2 Å². The number of aliphatic imine (C=N–C) groups is 1. The number of carbonyl (C=O) groups excluding carboxylic acids is 2. The lowest BCUT2D eigenvalue weighted by Gasteiger charge is -2.22. The Balaban J connectivity index is 2.96. The number of hydrogen-bond donors (Lipinski definition) is 2. The molecule has 150 valence electrons. The number of halogens is 2. The zero-order valence-electron chi connectivity index (χ0n) is 16.3. The maximum Gasteiger partial charge on any atom is 0.414 e. The van der Waals surface area contributed by atoms with Gasteiger partial charge in [-0.05, 0) is 65.3 Å². The molecule has 1 aromatic rings. The fourth-order valence-corrected chi connectivity index (χ4v) is 2.11. The Morgan fingerprint density at radius 3 is 1.96 bits per heavy atom. The van der Waals surface area contributed by atoms with Crippen molar-refractivity contribution >= 4 is 34.1 Å². The lowest BCUT2D eigenvalue weighted by molar-refractivity contribution is 0.0545. The van der Waals surface area contributed by atoms with Crippen molar-refractivity contribution in [1.82, 2.24) is 10.6 Å². The molecule has 0 saturated heterocycles. The minimum absolute atomic E-state index is 0.000722. The molecule has 0 atom stereocenters. The normalized spacial score (nSPS) is 11.4. The monoisotopic (exact) mass is 445 g/mol. The lowest BCUT2D eigenvalue weighted by Crippen LogP contribution is -2.47. The fourth-order valence-electron chi connectivity index (χ4n) is 1.74. The number of nitrogens with one attached hydrogen (secondary N) is 2. The highest BCUT2D eigenvalue weighted by Gasteiger charge is 2.21. The predicted octanol–water partition coefficient (Wildman–Crippen LogP) is 4.49. The first-order valence-corrected chi connectivity index (χ1v) is 9.03. The summed E-state index contributed by atoms with van der Waals surface area (Å²) in [6, 6.07) is 4.14. The maximum absolute atomic E-state index is 13.4. The van der Waals surface area contributed by atoms with Crippen LogP contribution < -0.4 is 10.6 Å². The molecule has 0 unspecified atom stereocenters. The molecule has 0 heterocycles. The molecular formula is C18H25BrFN3O4. The first kappa shape index (κ1) is 22.9. The number of guanidine groups is 1. The van der Waals surface area contributed by atoms with Crippen molar-refractivity contribution in [2.75, 3.05) is 0 Å². The number of carbonyl (C=O) groups is 2. The Morgan fingerprint density at radius 2 is 1.52 bits per heavy atom. The first-order chi connectivity index (χ1) is 12.2. The molecule has 2 amide bonds. The molecule has 0 aliphatic heterocycles. The van der Waals surface area contributed by atoms with Gasteiger partial charge in [-0.15, -0.1) is 0 Å². The van der Waals surface area contributed by atoms with Gasteiger partial charge < -0.3 is 9.47 Å². The van der Waals surface area contributed by atoms with Crippen LogP contribution in [0.5, 0.6) is 0 Å². The minimum atomic E-state index is -0.796. The van der Waals surface area contributed by atoms with E-state index in [0.29, 0.717) is 10.0 Å². The second-order valence-electron chi connectivity index (χ2n) is 7.65. The van der Waals surface area contributed by atoms with E-state index in [4.69, 9.17) is 9.47 Å². The second kappa shape index (κ2) is 9.16. The average molecular weight is 446 g/mol. The van der Waals surface area contributed by atoms with Crippen LogP contribution in [0.25, 0.3) is 0 Å². The van der Waals surface area contributed by atoms with E-state index in [9.17, 15) is 14.0 Å². The summed E-state index contributed by atoms with van der Waals surface area (Å²) in [4.78, 5) is 28.1. The molecular weight excluding hydrogens is 421 g/mol. The molecule has 1 aromatic carbocycles. The van der Waals surface area contributed by atoms with Gasteiger partial charge in [-0.25, -0.2) is 19.0 Å². The molecule has 0 bridgehead atoms. The van der Waals surface area contributed by atoms with Gasteiger partial charge in [-0.1, -0.05) is 15.9 Å². The first-order valence-electron chi connectivity index (χ1n) is 8.23. The molecule has 2 N–H and O–H groups in total. The fraction of sp³-hybridized carbons (Fsp3) is 0.500. The number of hydrogen-bond acceptors (Lipinski definition) is 5. The Bertz CT molecular complexity index is 692. The minimum Gasteiger partial charge on any atom is -0.444 e. The van der Waals surface area contributed by atoms with Gasteiger partial charge in [0.05, 0.1) is 6.54 Å². The third-order valence-electron chi connectivity index (χ3n) is 2.65. The summed E-state index contributed by atoms with van der Waals surface area (Å²) in [5.41, 5.74) is -0.927. The topological polar surface area (TPSA) is 89.0 Å². The molecule has 1 rings (SSSR count). The van der Waals surface area contributed by atoms with E-state index < -0.39 is 29.2 Å². The summed E-state index contributed by atoms with van der Waals surface area (Å²) in [5.74, 6) is -0.597. The number of amides is 2. The number of benzene rings is 1. The molecule has 9 heteroatoms. The molecule has 0 saturated carbocycles. The standard InChI is InChI=1S/C18H25BrFN3O4/c1-17(2,3)26-15(24)22-14(23-16(25)27-18(4,5)6)21-10-11-9-12(20)7-8-13(11)19/h7-9H,10H2,1-6H3,(H2,21,22,23,24,25). The van der Waals surface area contributed by atoms with Crippen molar-refractivity contribution in [2.24, 2.45) is 4.99 Å². The van der Waals surface area contributed by atoms with Crippen molar-refractivity contribution in [3.8, 4) is 0 Å². The van der Waals surface area contributed by atoms with E-state index in [1.54, 1.807) is 47.6 Å². The predicted molar refractivity (Wildman–Crippen MR) is 104 cm³/mol. The summed E-state index contributed by atoms with van der Waals surface area (Å²) in [6.07, 6.45) is -1.59. The summed E-state index contributed by atoms with van der Waals surface area (Å²) in [5, 5.41) is 4.72. The molecule has 0 aliphatic carbocycles. The highest BCUT2D eigenvalue weighted by molar-refractivity contribution is 9.10. The van der Waals surface area contributed by atoms with Crippen molar-refractivity contribution in [1.29, 1.82) is 0 Å². The Labute approximate surface area is 166 Å². The zero-order chi connectivity index (χ0) is 20.8. The zero-order valence-corrected chi connectivity index (χ0v) is 17.9. The summed E-state index contributed by atoms with van der Waals surface area (Å²) >= 11 is 3.30. The SMILES string of the molecule is CC(C)(C)OC(=O)NC(=NCc1cc(F)ccc1Br)NC(=O)OC(C)(C)C. The molecule has 7 nitrogen and oxygen atoms in total. The van der Waals surface area contributed by atoms with E-state index >= 15 is 0 Å². The lowest BCUT2D eigenvalue weighted by atomic mass is 10.2. The third kappa shape index (κ3) is 9.93. The quantitative estimate of drug-likeness (QED) is 0.518. The highest BCUT2D eigenvalue weighted by Crippen LogP contribution is 2.18. The van der Waals surface area contributed by atoms with Gasteiger partial charge in [0.1, 0.15) is 17.0 Å². The molecule has 0 aromatic heterocycles. The Kier molecular flexibility index (Phi) is 7.77. The van der Waals surface area contributed by atoms with Crippen LogP contribution in [0.1, 0.15) is 47.1 Å². The van der Waals surface area contributed by atoms with Crippen molar-refractivity contribution in [2.45, 2.75) is 59.3 Å². The molecule has 27 heavy (non-hydrogen) atoms. The van der Waals surface area contributed by atoms with Gasteiger partial charge in [0.15, 0.2) is 0 Å². The van der Waals surface area contributed by atoms with Crippen LogP contribution in [0.4, 0.5) is 14.0 Å². The summed E-state index contributed by atoms with van der Waals surface area (Å²) in [6.45, 7) is 10.2. The van der Waals surface area contributed by atoms with Crippen LogP contribution in [-0.2, 0) is 16.0 Å². The van der Waals surface area contributed by atoms with Gasteiger partial charge in [0, 0.05) is 4.47 Å². The van der Waals surface area contributed by atoms with Crippen LogP contribution in [0.15, 0.2) is 27.7 Å². The Morgan fingerprint density at radius 1 is 1.04 bits per heavy atom. The van der Waals surface area contributed by atoms with E-state index in [1.165, 1.54) is 12.1 Å². The van der Waals surface area contributed by atoms with Gasteiger partial charge in [-0.2, -0.15) is 0 Å². The molecule has 0 fully saturated rings. The van der Waals surface area contributed by atoms with E-state index in [0.717, 1.165) is 0 Å². The summed E-state index contributed by atoms with van der Waals surface area (Å²) < 4.78 is 24.4. The van der Waals surface area contributed by atoms with Crippen LogP contribution >= 0.6 is 15.9 Å². The summed E-state index contributed by atoms with van der Waals surface area (Å²) in [7, 11) is 0. The van der Waals surface area contributed by atoms with Gasteiger partial charge in [0.25, 0.3) is 0 Å². The largest absolute Gasteiger partial charge is 0.444 e. The van der Waals surface area contributed by atoms with Crippen LogP contribution in [0.3, 0.4) is 0 Å². The maximum atomic E-state index is 13.4. The number of rotatable bonds is 2. The van der Waals surface area contributed by atoms with E-state index in [-0.39, 0.29) is 12.5 Å². The van der Waals surface area contributed by atoms with Gasteiger partial charge in [0.2, 0.25) is 5.96 Å². The number of alkyl carbamates (subject to hydrolysis) is 2. The highest BCUT2D eigenvalue weighted by atomic mass is 79.9. The number of nitrogens with zero attached hydrogens (tertiary/aromatic N) is 1. The van der Waals surface area contributed by atoms with Crippen molar-refractivity contribution in [3.63, 3.8) is 0 Å². The van der Waals surface area contributed by atoms with Gasteiger partial charge in [-0.3, -0.25) is 10.6 Å². The second-order valence-corrected chi connectivity index (χ2v) is 8.51. The molecule has 0 radical (unpaired) electrons. The Hall–Kier alpha value is -2.16. The average Bonchev–Trinajstić information content (AvgIpc) is 2.43. The van der Waals surface area contributed by atoms with E-state index in [2.05, 4.69) is 31.6 Å². The molecule has 0 spiro atoms. The van der Waals surface area contributed by atoms with Crippen LogP contribution in [0, 0.1) is 5.82 Å². The van der Waals surface area contributed by atoms with Crippen molar-refractivity contribution in [3.05, 3.63) is 34.1 Å². The molecule has 0 aliphatic rings. The smallest absolute Gasteiger partial charge is 0.414 e. The van der Waals surface area contributed by atoms with Crippen LogP contribution in [-0.4, -0.2) is 29.3 Å².